The van der Waals surface area contributed by atoms with E-state index in [1.165, 1.54) is 14.0 Å². The summed E-state index contributed by atoms with van der Waals surface area (Å²) in [7, 11) is 1.24. The molecule has 6 atom stereocenters. The minimum Gasteiger partial charge on any atom is -0.480 e. The Hall–Kier alpha value is -5.06. The summed E-state index contributed by atoms with van der Waals surface area (Å²) in [5, 5.41) is 22.6. The SMILES string of the molecule is CCC(=O)OC1[C@@H](OC)OC(COC(=O)CCC(=O)OC[C@H](NC(=O)OCC2c3ccccc3-c3ccccc32)C(=O)O)[C@@H](O)[C@@H]1OC(=O)CC. The summed E-state index contributed by atoms with van der Waals surface area (Å²) in [6.45, 7) is 1.73. The Labute approximate surface area is 293 Å². The molecule has 16 heteroatoms. The summed E-state index contributed by atoms with van der Waals surface area (Å²) < 4.78 is 36.9. The van der Waals surface area contributed by atoms with Gasteiger partial charge in [-0.3, -0.25) is 19.2 Å². The Kier molecular flexibility index (Phi) is 13.9. The second kappa shape index (κ2) is 18.3. The van der Waals surface area contributed by atoms with Gasteiger partial charge in [-0.25, -0.2) is 9.59 Å². The van der Waals surface area contributed by atoms with Crippen molar-refractivity contribution >= 4 is 35.9 Å². The van der Waals surface area contributed by atoms with Crippen molar-refractivity contribution in [1.29, 1.82) is 0 Å². The molecule has 0 spiro atoms. The van der Waals surface area contributed by atoms with Gasteiger partial charge >= 0.3 is 35.9 Å². The predicted octanol–water partition coefficient (Wildman–Crippen LogP) is 2.22. The largest absolute Gasteiger partial charge is 0.480 e. The lowest BCUT2D eigenvalue weighted by molar-refractivity contribution is -0.301. The van der Waals surface area contributed by atoms with E-state index in [0.29, 0.717) is 0 Å². The molecule has 0 radical (unpaired) electrons. The number of amides is 1. The number of aliphatic hydroxyl groups excluding tert-OH is 1. The number of methoxy groups -OCH3 is 1. The zero-order valence-corrected chi connectivity index (χ0v) is 28.3. The third-order valence-electron chi connectivity index (χ3n) is 8.25. The van der Waals surface area contributed by atoms with Gasteiger partial charge in [0.25, 0.3) is 0 Å². The molecule has 2 unspecified atom stereocenters. The molecule has 1 heterocycles. The molecule has 51 heavy (non-hydrogen) atoms. The molecule has 2 aliphatic rings. The minimum absolute atomic E-state index is 0.00695. The molecule has 276 valence electrons. The smallest absolute Gasteiger partial charge is 0.407 e. The van der Waals surface area contributed by atoms with Crippen LogP contribution in [0.15, 0.2) is 48.5 Å². The second-order valence-corrected chi connectivity index (χ2v) is 11.6. The van der Waals surface area contributed by atoms with Gasteiger partial charge in [0.1, 0.15) is 32.0 Å². The van der Waals surface area contributed by atoms with Gasteiger partial charge in [0.05, 0.1) is 12.8 Å². The van der Waals surface area contributed by atoms with E-state index in [9.17, 15) is 39.0 Å². The van der Waals surface area contributed by atoms with Crippen molar-refractivity contribution in [3.05, 3.63) is 59.7 Å². The van der Waals surface area contributed by atoms with E-state index in [1.54, 1.807) is 6.92 Å². The molecule has 1 amide bonds. The molecule has 3 N–H and O–H groups in total. The van der Waals surface area contributed by atoms with Gasteiger partial charge in [-0.05, 0) is 22.3 Å². The molecule has 1 aliphatic carbocycles. The molecule has 0 bridgehead atoms. The monoisotopic (exact) mass is 715 g/mol. The lowest BCUT2D eigenvalue weighted by Gasteiger charge is -2.42. The predicted molar refractivity (Wildman–Crippen MR) is 173 cm³/mol. The van der Waals surface area contributed by atoms with Crippen LogP contribution in [0.2, 0.25) is 0 Å². The molecule has 4 rings (SSSR count). The van der Waals surface area contributed by atoms with Crippen LogP contribution in [0.1, 0.15) is 56.6 Å². The summed E-state index contributed by atoms with van der Waals surface area (Å²) >= 11 is 0. The van der Waals surface area contributed by atoms with Crippen LogP contribution >= 0.6 is 0 Å². The minimum atomic E-state index is -1.63. The zero-order chi connectivity index (χ0) is 37.1. The van der Waals surface area contributed by atoms with E-state index in [4.69, 9.17) is 33.2 Å². The molecule has 16 nitrogen and oxygen atoms in total. The van der Waals surface area contributed by atoms with Crippen molar-refractivity contribution < 1.29 is 72.1 Å². The van der Waals surface area contributed by atoms with Crippen molar-refractivity contribution in [3.63, 3.8) is 0 Å². The van der Waals surface area contributed by atoms with Gasteiger partial charge in [0, 0.05) is 25.9 Å². The van der Waals surface area contributed by atoms with Crippen LogP contribution < -0.4 is 5.32 Å². The molecule has 1 aliphatic heterocycles. The number of esters is 4. The summed E-state index contributed by atoms with van der Waals surface area (Å²) in [6, 6.07) is 13.8. The highest BCUT2D eigenvalue weighted by Crippen LogP contribution is 2.44. The van der Waals surface area contributed by atoms with Crippen LogP contribution in [0.4, 0.5) is 4.79 Å². The second-order valence-electron chi connectivity index (χ2n) is 11.6. The van der Waals surface area contributed by atoms with Crippen LogP contribution in [-0.2, 0) is 57.1 Å². The number of rotatable bonds is 16. The normalized spacial score (nSPS) is 21.3. The first-order chi connectivity index (χ1) is 24.5. The van der Waals surface area contributed by atoms with Gasteiger partial charge in [-0.15, -0.1) is 0 Å². The van der Waals surface area contributed by atoms with Crippen molar-refractivity contribution in [2.75, 3.05) is 26.9 Å². The molecular formula is C35H41NO15. The van der Waals surface area contributed by atoms with E-state index >= 15 is 0 Å². The first-order valence-electron chi connectivity index (χ1n) is 16.4. The van der Waals surface area contributed by atoms with Crippen LogP contribution in [0, 0.1) is 0 Å². The van der Waals surface area contributed by atoms with E-state index in [-0.39, 0.29) is 25.4 Å². The Morgan fingerprint density at radius 3 is 1.86 bits per heavy atom. The van der Waals surface area contributed by atoms with Crippen LogP contribution in [-0.4, -0.2) is 110 Å². The number of alkyl carbamates (subject to hydrolysis) is 1. The molecule has 2 aromatic carbocycles. The Bertz CT molecular complexity index is 1530. The van der Waals surface area contributed by atoms with Gasteiger partial charge < -0.3 is 48.7 Å². The molecule has 1 saturated heterocycles. The number of fused-ring (bicyclic) bond motifs is 3. The van der Waals surface area contributed by atoms with E-state index in [2.05, 4.69) is 5.32 Å². The van der Waals surface area contributed by atoms with Crippen molar-refractivity contribution in [1.82, 2.24) is 5.32 Å². The average Bonchev–Trinajstić information content (AvgIpc) is 3.45. The van der Waals surface area contributed by atoms with E-state index < -0.39 is 98.7 Å². The first-order valence-corrected chi connectivity index (χ1v) is 16.4. The number of aliphatic hydroxyl groups is 1. The highest BCUT2D eigenvalue weighted by Gasteiger charge is 2.50. The Morgan fingerprint density at radius 2 is 1.31 bits per heavy atom. The number of ether oxygens (including phenoxy) is 7. The third kappa shape index (κ3) is 10.0. The molecule has 2 aromatic rings. The summed E-state index contributed by atoms with van der Waals surface area (Å²) in [5.74, 6) is -4.93. The highest BCUT2D eigenvalue weighted by molar-refractivity contribution is 5.82. The summed E-state index contributed by atoms with van der Waals surface area (Å²) in [4.78, 5) is 73.0. The highest BCUT2D eigenvalue weighted by atomic mass is 16.7. The number of carbonyl (C=O) groups is 6. The van der Waals surface area contributed by atoms with Gasteiger partial charge in [-0.2, -0.15) is 0 Å². The van der Waals surface area contributed by atoms with Crippen LogP contribution in [0.5, 0.6) is 0 Å². The molecular weight excluding hydrogens is 674 g/mol. The lowest BCUT2D eigenvalue weighted by Crippen LogP contribution is -2.61. The maximum atomic E-state index is 12.5. The van der Waals surface area contributed by atoms with Crippen LogP contribution in [0.25, 0.3) is 11.1 Å². The zero-order valence-electron chi connectivity index (χ0n) is 28.3. The van der Waals surface area contributed by atoms with Crippen LogP contribution in [0.3, 0.4) is 0 Å². The number of carbonyl (C=O) groups excluding carboxylic acids is 5. The number of carboxylic acid groups (broad SMARTS) is 1. The fraction of sp³-hybridized carbons (Fsp3) is 0.486. The fourth-order valence-corrected chi connectivity index (χ4v) is 5.60. The van der Waals surface area contributed by atoms with Crippen molar-refractivity contribution in [2.45, 2.75) is 82.2 Å². The number of hydrogen-bond acceptors (Lipinski definition) is 14. The average molecular weight is 716 g/mol. The quantitative estimate of drug-likeness (QED) is 0.168. The lowest BCUT2D eigenvalue weighted by atomic mass is 9.98. The van der Waals surface area contributed by atoms with Crippen molar-refractivity contribution in [3.8, 4) is 11.1 Å². The van der Waals surface area contributed by atoms with Gasteiger partial charge in [0.15, 0.2) is 24.5 Å². The summed E-state index contributed by atoms with van der Waals surface area (Å²) in [5.41, 5.74) is 3.99. The number of hydrogen-bond donors (Lipinski definition) is 3. The third-order valence-corrected chi connectivity index (χ3v) is 8.25. The molecule has 0 aromatic heterocycles. The topological polar surface area (TPSA) is 220 Å². The number of carboxylic acids is 1. The van der Waals surface area contributed by atoms with Gasteiger partial charge in [0.2, 0.25) is 0 Å². The Morgan fingerprint density at radius 1 is 0.765 bits per heavy atom. The number of nitrogens with one attached hydrogen (secondary N) is 1. The maximum absolute atomic E-state index is 12.5. The summed E-state index contributed by atoms with van der Waals surface area (Å²) in [6.07, 6.45) is -8.88. The van der Waals surface area contributed by atoms with Crippen molar-refractivity contribution in [2.24, 2.45) is 0 Å². The maximum Gasteiger partial charge on any atom is 0.407 e. The number of benzene rings is 2. The molecule has 0 saturated carbocycles. The van der Waals surface area contributed by atoms with E-state index in [0.717, 1.165) is 22.3 Å². The first kappa shape index (κ1) is 38.7. The Balaban J connectivity index is 1.22. The van der Waals surface area contributed by atoms with Gasteiger partial charge in [-0.1, -0.05) is 62.4 Å². The standard InChI is InChI=1S/C35H41NO15/c1-4-26(37)50-31-30(41)25(49-34(45-3)32(31)51-27(38)5-2)18-47-29(40)15-14-28(39)46-17-24(33(42)43)36-35(44)48-16-23-21-12-8-6-10-19(21)20-11-7-9-13-22(20)23/h6-13,23-25,30-32,34,41H,4-5,14-18H2,1-3H3,(H,36,44)(H,42,43)/t24-,25?,30+,31-,32?,34-/m0/s1. The fourth-order valence-electron chi connectivity index (χ4n) is 5.60. The van der Waals surface area contributed by atoms with E-state index in [1.807, 2.05) is 48.5 Å². The molecule has 1 fully saturated rings. The number of aliphatic carboxylic acids is 1.